The maximum absolute atomic E-state index is 12.6. The predicted molar refractivity (Wildman–Crippen MR) is 121 cm³/mol. The van der Waals surface area contributed by atoms with Crippen molar-refractivity contribution in [3.63, 3.8) is 0 Å². The molecule has 0 aliphatic carbocycles. The molecule has 2 aromatic carbocycles. The molecule has 9 heteroatoms. The van der Waals surface area contributed by atoms with Crippen LogP contribution < -0.4 is 5.32 Å². The number of nitrogens with zero attached hydrogens (tertiary/aromatic N) is 2. The summed E-state index contributed by atoms with van der Waals surface area (Å²) >= 11 is 0. The lowest BCUT2D eigenvalue weighted by molar-refractivity contribution is -0.136. The Morgan fingerprint density at radius 1 is 0.848 bits per heavy atom. The number of hydrogen-bond acceptors (Lipinski definition) is 6. The Balaban J connectivity index is 1.51. The van der Waals surface area contributed by atoms with Gasteiger partial charge in [-0.15, -0.1) is 0 Å². The molecule has 2 aromatic rings. The summed E-state index contributed by atoms with van der Waals surface area (Å²) < 4.78 is 10.2. The van der Waals surface area contributed by atoms with E-state index in [1.807, 2.05) is 30.3 Å². The second kappa shape index (κ2) is 11.7. The molecule has 9 nitrogen and oxygen atoms in total. The van der Waals surface area contributed by atoms with Gasteiger partial charge in [0.2, 0.25) is 5.91 Å². The second-order valence-electron chi connectivity index (χ2n) is 7.40. The average molecular weight is 453 g/mol. The number of amides is 3. The van der Waals surface area contributed by atoms with Crippen LogP contribution in [0.2, 0.25) is 0 Å². The zero-order valence-electron chi connectivity index (χ0n) is 18.5. The smallest absolute Gasteiger partial charge is 0.409 e. The van der Waals surface area contributed by atoms with Crippen molar-refractivity contribution < 1.29 is 28.7 Å². The number of benzene rings is 2. The number of anilines is 1. The molecule has 1 saturated heterocycles. The zero-order valence-corrected chi connectivity index (χ0v) is 18.5. The highest BCUT2D eigenvalue weighted by atomic mass is 16.6. The number of piperazine rings is 1. The number of rotatable bonds is 7. The predicted octanol–water partition coefficient (Wildman–Crippen LogP) is 2.33. The molecule has 1 heterocycles. The average Bonchev–Trinajstić information content (AvgIpc) is 2.83. The number of nitrogens with one attached hydrogen (secondary N) is 1. The number of esters is 1. The highest BCUT2D eigenvalue weighted by Gasteiger charge is 2.25. The van der Waals surface area contributed by atoms with Gasteiger partial charge in [-0.1, -0.05) is 42.5 Å². The topological polar surface area (TPSA) is 105 Å². The minimum Gasteiger partial charge on any atom is -0.452 e. The van der Waals surface area contributed by atoms with Crippen LogP contribution in [0.1, 0.15) is 22.8 Å². The third-order valence-electron chi connectivity index (χ3n) is 5.11. The Labute approximate surface area is 192 Å². The summed E-state index contributed by atoms with van der Waals surface area (Å²) in [5, 5.41) is 2.73. The molecule has 1 aliphatic heterocycles. The summed E-state index contributed by atoms with van der Waals surface area (Å²) in [5.41, 5.74) is 1.33. The van der Waals surface area contributed by atoms with Crippen LogP contribution in [-0.4, -0.2) is 73.1 Å². The van der Waals surface area contributed by atoms with Crippen LogP contribution >= 0.6 is 0 Å². The highest BCUT2D eigenvalue weighted by molar-refractivity contribution is 6.02. The van der Waals surface area contributed by atoms with Crippen LogP contribution in [0.5, 0.6) is 0 Å². The van der Waals surface area contributed by atoms with E-state index in [-0.39, 0.29) is 23.8 Å². The van der Waals surface area contributed by atoms with Gasteiger partial charge in [0.25, 0.3) is 5.91 Å². The first-order chi connectivity index (χ1) is 16.0. The lowest BCUT2D eigenvalue weighted by Gasteiger charge is -2.33. The van der Waals surface area contributed by atoms with E-state index in [0.29, 0.717) is 38.5 Å². The third-order valence-corrected chi connectivity index (χ3v) is 5.11. The Hall–Kier alpha value is -3.88. The van der Waals surface area contributed by atoms with Gasteiger partial charge in [-0.2, -0.15) is 0 Å². The summed E-state index contributed by atoms with van der Waals surface area (Å²) in [6.45, 7) is 2.98. The van der Waals surface area contributed by atoms with E-state index >= 15 is 0 Å². The molecule has 1 aliphatic rings. The van der Waals surface area contributed by atoms with E-state index in [0.717, 1.165) is 5.56 Å². The molecule has 174 valence electrons. The molecule has 3 amide bonds. The minimum absolute atomic E-state index is 0.166. The molecular formula is C24H27N3O6. The van der Waals surface area contributed by atoms with Crippen molar-refractivity contribution in [3.8, 4) is 0 Å². The monoisotopic (exact) mass is 453 g/mol. The van der Waals surface area contributed by atoms with Gasteiger partial charge in [0.1, 0.15) is 0 Å². The number of ether oxygens (including phenoxy) is 2. The van der Waals surface area contributed by atoms with Crippen molar-refractivity contribution in [2.75, 3.05) is 44.7 Å². The van der Waals surface area contributed by atoms with Crippen LogP contribution in [0.4, 0.5) is 10.5 Å². The van der Waals surface area contributed by atoms with Crippen molar-refractivity contribution in [3.05, 3.63) is 65.7 Å². The first-order valence-electron chi connectivity index (χ1n) is 10.8. The molecule has 1 fully saturated rings. The highest BCUT2D eigenvalue weighted by Crippen LogP contribution is 2.17. The summed E-state index contributed by atoms with van der Waals surface area (Å²) in [4.78, 5) is 52.3. The molecule has 0 radical (unpaired) electrons. The maximum atomic E-state index is 12.6. The third kappa shape index (κ3) is 6.80. The standard InChI is InChI=1S/C24H27N3O6/c1-2-32-24(31)27-14-12-26(13-15-27)22(29)17-33-23(30)19-10-6-7-11-20(19)25-21(28)16-18-8-4-3-5-9-18/h3-11H,2,12-17H2,1H3,(H,25,28). The number of hydrogen-bond donors (Lipinski definition) is 1. The lowest BCUT2D eigenvalue weighted by Crippen LogP contribution is -2.51. The minimum atomic E-state index is -0.705. The first-order valence-corrected chi connectivity index (χ1v) is 10.8. The van der Waals surface area contributed by atoms with Crippen LogP contribution in [0, 0.1) is 0 Å². The summed E-state index contributed by atoms with van der Waals surface area (Å²) in [5.74, 6) is -1.32. The lowest BCUT2D eigenvalue weighted by atomic mass is 10.1. The molecule has 1 N–H and O–H groups in total. The van der Waals surface area contributed by atoms with Gasteiger partial charge < -0.3 is 24.6 Å². The SMILES string of the molecule is CCOC(=O)N1CCN(C(=O)COC(=O)c2ccccc2NC(=O)Cc2ccccc2)CC1. The zero-order chi connectivity index (χ0) is 23.6. The van der Waals surface area contributed by atoms with Crippen LogP contribution in [0.15, 0.2) is 54.6 Å². The fraction of sp³-hybridized carbons (Fsp3) is 0.333. The van der Waals surface area contributed by atoms with E-state index in [4.69, 9.17) is 9.47 Å². The number of para-hydroxylation sites is 1. The maximum Gasteiger partial charge on any atom is 0.409 e. The van der Waals surface area contributed by atoms with Gasteiger partial charge in [-0.05, 0) is 24.6 Å². The molecule has 0 atom stereocenters. The fourth-order valence-electron chi connectivity index (χ4n) is 3.40. The van der Waals surface area contributed by atoms with Gasteiger partial charge in [-0.25, -0.2) is 9.59 Å². The van der Waals surface area contributed by atoms with Gasteiger partial charge in [0.15, 0.2) is 6.61 Å². The van der Waals surface area contributed by atoms with Crippen LogP contribution in [-0.2, 0) is 25.5 Å². The molecule has 3 rings (SSSR count). The molecule has 0 unspecified atom stereocenters. The normalized spacial score (nSPS) is 13.2. The molecule has 0 bridgehead atoms. The van der Waals surface area contributed by atoms with Crippen LogP contribution in [0.3, 0.4) is 0 Å². The van der Waals surface area contributed by atoms with Crippen molar-refractivity contribution >= 4 is 29.6 Å². The van der Waals surface area contributed by atoms with Gasteiger partial charge in [0, 0.05) is 26.2 Å². The Morgan fingerprint density at radius 2 is 1.48 bits per heavy atom. The molecule has 0 aromatic heterocycles. The van der Waals surface area contributed by atoms with E-state index < -0.39 is 18.7 Å². The van der Waals surface area contributed by atoms with Gasteiger partial charge >= 0.3 is 12.1 Å². The van der Waals surface area contributed by atoms with E-state index in [2.05, 4.69) is 5.32 Å². The van der Waals surface area contributed by atoms with E-state index in [1.54, 1.807) is 25.1 Å². The molecule has 33 heavy (non-hydrogen) atoms. The summed E-state index contributed by atoms with van der Waals surface area (Å²) in [6.07, 6.45) is -0.234. The van der Waals surface area contributed by atoms with Gasteiger partial charge in [-0.3, -0.25) is 9.59 Å². The fourth-order valence-corrected chi connectivity index (χ4v) is 3.40. The van der Waals surface area contributed by atoms with Crippen molar-refractivity contribution in [2.45, 2.75) is 13.3 Å². The van der Waals surface area contributed by atoms with Crippen molar-refractivity contribution in [2.24, 2.45) is 0 Å². The van der Waals surface area contributed by atoms with Crippen molar-refractivity contribution in [1.82, 2.24) is 9.80 Å². The largest absolute Gasteiger partial charge is 0.452 e. The summed E-state index contributed by atoms with van der Waals surface area (Å²) in [6, 6.07) is 15.7. The molecular weight excluding hydrogens is 426 g/mol. The Morgan fingerprint density at radius 3 is 2.18 bits per heavy atom. The number of carbonyl (C=O) groups is 4. The second-order valence-corrected chi connectivity index (χ2v) is 7.40. The summed E-state index contributed by atoms with van der Waals surface area (Å²) in [7, 11) is 0. The quantitative estimate of drug-likeness (QED) is 0.645. The first kappa shape index (κ1) is 23.8. The molecule has 0 saturated carbocycles. The van der Waals surface area contributed by atoms with E-state index in [9.17, 15) is 19.2 Å². The molecule has 0 spiro atoms. The van der Waals surface area contributed by atoms with Gasteiger partial charge in [0.05, 0.1) is 24.3 Å². The van der Waals surface area contributed by atoms with Crippen molar-refractivity contribution in [1.29, 1.82) is 0 Å². The van der Waals surface area contributed by atoms with E-state index in [1.165, 1.54) is 15.9 Å². The van der Waals surface area contributed by atoms with Crippen LogP contribution in [0.25, 0.3) is 0 Å². The Kier molecular flexibility index (Phi) is 8.40. The number of carbonyl (C=O) groups excluding carboxylic acids is 4. The Bertz CT molecular complexity index is 987.